The summed E-state index contributed by atoms with van der Waals surface area (Å²) in [5.74, 6) is 0.109. The zero-order valence-electron chi connectivity index (χ0n) is 10.2. The molecule has 0 unspecified atom stereocenters. The van der Waals surface area contributed by atoms with E-state index in [-0.39, 0.29) is 5.52 Å². The van der Waals surface area contributed by atoms with Gasteiger partial charge in [0.2, 0.25) is 0 Å². The van der Waals surface area contributed by atoms with Crippen LogP contribution in [-0.2, 0) is 0 Å². The molecule has 7 heteroatoms. The van der Waals surface area contributed by atoms with Crippen LogP contribution in [0.15, 0.2) is 24.4 Å². The molecule has 0 atom stereocenters. The molecule has 0 aliphatic carbocycles. The van der Waals surface area contributed by atoms with Gasteiger partial charge in [-0.15, -0.1) is 11.3 Å². The number of anilines is 1. The van der Waals surface area contributed by atoms with Crippen LogP contribution in [0.1, 0.15) is 0 Å². The maximum atomic E-state index is 13.8. The number of hydrogen-bond donors (Lipinski definition) is 1. The lowest BCUT2D eigenvalue weighted by Crippen LogP contribution is -1.93. The predicted octanol–water partition coefficient (Wildman–Crippen LogP) is 4.85. The fourth-order valence-corrected chi connectivity index (χ4v) is 3.70. The fourth-order valence-electron chi connectivity index (χ4n) is 1.87. The van der Waals surface area contributed by atoms with E-state index in [1.807, 2.05) is 0 Å². The normalized spacial score (nSPS) is 11.0. The van der Waals surface area contributed by atoms with E-state index in [4.69, 9.17) is 23.2 Å². The van der Waals surface area contributed by atoms with Crippen LogP contribution in [-0.4, -0.2) is 17.0 Å². The molecule has 20 heavy (non-hydrogen) atoms. The van der Waals surface area contributed by atoms with Gasteiger partial charge in [0, 0.05) is 12.6 Å². The van der Waals surface area contributed by atoms with Crippen molar-refractivity contribution in [3.05, 3.63) is 40.3 Å². The van der Waals surface area contributed by atoms with Crippen molar-refractivity contribution in [3.8, 4) is 10.6 Å². The Morgan fingerprint density at radius 2 is 1.95 bits per heavy atom. The van der Waals surface area contributed by atoms with Crippen LogP contribution in [0.3, 0.4) is 0 Å². The first-order valence-electron chi connectivity index (χ1n) is 5.69. The number of nitrogens with one attached hydrogen (secondary N) is 1. The number of fused-ring (bicyclic) bond motifs is 1. The maximum absolute atomic E-state index is 13.8. The third-order valence-electron chi connectivity index (χ3n) is 2.79. The van der Waals surface area contributed by atoms with Crippen molar-refractivity contribution < 1.29 is 4.39 Å². The highest BCUT2D eigenvalue weighted by atomic mass is 35.5. The molecule has 0 spiro atoms. The summed E-state index contributed by atoms with van der Waals surface area (Å²) in [5, 5.41) is 4.45. The zero-order chi connectivity index (χ0) is 14.3. The van der Waals surface area contributed by atoms with Crippen LogP contribution in [0.25, 0.3) is 20.8 Å². The molecule has 0 saturated heterocycles. The summed E-state index contributed by atoms with van der Waals surface area (Å²) in [5.41, 5.74) is 0.874. The van der Waals surface area contributed by atoms with Gasteiger partial charge in [-0.2, -0.15) is 0 Å². The molecule has 3 aromatic rings. The van der Waals surface area contributed by atoms with E-state index in [9.17, 15) is 4.39 Å². The van der Waals surface area contributed by atoms with Gasteiger partial charge in [-0.05, 0) is 12.1 Å². The summed E-state index contributed by atoms with van der Waals surface area (Å²) in [6.45, 7) is 0. The van der Waals surface area contributed by atoms with Gasteiger partial charge >= 0.3 is 0 Å². The molecule has 1 aromatic carbocycles. The van der Waals surface area contributed by atoms with Gasteiger partial charge in [-0.3, -0.25) is 0 Å². The second kappa shape index (κ2) is 5.16. The van der Waals surface area contributed by atoms with E-state index in [0.29, 0.717) is 31.1 Å². The first-order chi connectivity index (χ1) is 9.61. The lowest BCUT2D eigenvalue weighted by molar-refractivity contribution is 0.632. The summed E-state index contributed by atoms with van der Waals surface area (Å²) in [4.78, 5) is 8.30. The maximum Gasteiger partial charge on any atom is 0.168 e. The molecule has 0 aliphatic heterocycles. The van der Waals surface area contributed by atoms with Crippen molar-refractivity contribution in [3.63, 3.8) is 0 Å². The Hall–Kier alpha value is -1.43. The molecule has 0 radical (unpaired) electrons. The van der Waals surface area contributed by atoms with Crippen LogP contribution in [0.2, 0.25) is 10.0 Å². The lowest BCUT2D eigenvalue weighted by atomic mass is 10.2. The summed E-state index contributed by atoms with van der Waals surface area (Å²) >= 11 is 13.6. The average Bonchev–Trinajstić information content (AvgIpc) is 2.84. The number of pyridine rings is 1. The molecule has 102 valence electrons. The highest BCUT2D eigenvalue weighted by Gasteiger charge is 2.17. The van der Waals surface area contributed by atoms with Gasteiger partial charge in [0.25, 0.3) is 0 Å². The average molecular weight is 328 g/mol. The number of halogens is 3. The second-order valence-electron chi connectivity index (χ2n) is 4.00. The Morgan fingerprint density at radius 3 is 2.60 bits per heavy atom. The predicted molar refractivity (Wildman–Crippen MR) is 82.4 cm³/mol. The summed E-state index contributed by atoms with van der Waals surface area (Å²) in [7, 11) is 1.72. The third kappa shape index (κ3) is 2.12. The lowest BCUT2D eigenvalue weighted by Gasteiger charge is -2.01. The SMILES string of the molecule is CNc1ncc(F)c2nc(-c3c(Cl)cccc3Cl)sc12. The van der Waals surface area contributed by atoms with Gasteiger partial charge in [0.1, 0.15) is 21.0 Å². The number of benzene rings is 1. The molecular formula is C13H8Cl2FN3S. The van der Waals surface area contributed by atoms with E-state index in [0.717, 1.165) is 6.20 Å². The molecular weight excluding hydrogens is 320 g/mol. The van der Waals surface area contributed by atoms with E-state index in [1.165, 1.54) is 11.3 Å². The number of aromatic nitrogens is 2. The van der Waals surface area contributed by atoms with Crippen LogP contribution in [0.4, 0.5) is 10.2 Å². The monoisotopic (exact) mass is 327 g/mol. The molecule has 0 amide bonds. The van der Waals surface area contributed by atoms with Crippen LogP contribution in [0.5, 0.6) is 0 Å². The number of hydrogen-bond acceptors (Lipinski definition) is 4. The van der Waals surface area contributed by atoms with E-state index >= 15 is 0 Å². The van der Waals surface area contributed by atoms with Crippen LogP contribution in [0, 0.1) is 5.82 Å². The van der Waals surface area contributed by atoms with E-state index in [2.05, 4.69) is 15.3 Å². The largest absolute Gasteiger partial charge is 0.372 e. The van der Waals surface area contributed by atoms with Gasteiger partial charge in [0.05, 0.1) is 16.2 Å². The Morgan fingerprint density at radius 1 is 1.25 bits per heavy atom. The van der Waals surface area contributed by atoms with Crippen molar-refractivity contribution in [1.29, 1.82) is 0 Å². The van der Waals surface area contributed by atoms with E-state index < -0.39 is 5.82 Å². The van der Waals surface area contributed by atoms with Gasteiger partial charge in [-0.25, -0.2) is 14.4 Å². The zero-order valence-corrected chi connectivity index (χ0v) is 12.6. The Labute approximate surface area is 128 Å². The minimum absolute atomic E-state index is 0.264. The minimum atomic E-state index is -0.468. The minimum Gasteiger partial charge on any atom is -0.372 e. The van der Waals surface area contributed by atoms with Crippen LogP contribution < -0.4 is 5.32 Å². The topological polar surface area (TPSA) is 37.8 Å². The first kappa shape index (κ1) is 13.5. The van der Waals surface area contributed by atoms with Gasteiger partial charge in [0.15, 0.2) is 5.82 Å². The molecule has 0 aliphatic rings. The van der Waals surface area contributed by atoms with Crippen LogP contribution >= 0.6 is 34.5 Å². The molecule has 2 heterocycles. The summed E-state index contributed by atoms with van der Waals surface area (Å²) in [6, 6.07) is 5.20. The van der Waals surface area contributed by atoms with E-state index in [1.54, 1.807) is 25.2 Å². The number of nitrogens with zero attached hydrogens (tertiary/aromatic N) is 2. The van der Waals surface area contributed by atoms with Crippen molar-refractivity contribution in [2.45, 2.75) is 0 Å². The van der Waals surface area contributed by atoms with Crippen molar-refractivity contribution >= 4 is 50.6 Å². The second-order valence-corrected chi connectivity index (χ2v) is 5.81. The molecule has 3 rings (SSSR count). The van der Waals surface area contributed by atoms with Gasteiger partial charge < -0.3 is 5.32 Å². The quantitative estimate of drug-likeness (QED) is 0.731. The van der Waals surface area contributed by atoms with Crippen molar-refractivity contribution in [2.75, 3.05) is 12.4 Å². The molecule has 0 bridgehead atoms. The Balaban J connectivity index is 2.31. The fraction of sp³-hybridized carbons (Fsp3) is 0.0769. The Kier molecular flexibility index (Phi) is 3.50. The number of thiazole rings is 1. The van der Waals surface area contributed by atoms with Gasteiger partial charge in [-0.1, -0.05) is 29.3 Å². The highest BCUT2D eigenvalue weighted by molar-refractivity contribution is 7.22. The Bertz CT molecular complexity index is 783. The molecule has 1 N–H and O–H groups in total. The molecule has 2 aromatic heterocycles. The highest BCUT2D eigenvalue weighted by Crippen LogP contribution is 2.40. The van der Waals surface area contributed by atoms with Crippen molar-refractivity contribution in [1.82, 2.24) is 9.97 Å². The standard InChI is InChI=1S/C13H8Cl2FN3S/c1-17-12-11-10(8(16)5-18-12)19-13(20-11)9-6(14)3-2-4-7(9)15/h2-5H,1H3,(H,17,18). The summed E-state index contributed by atoms with van der Waals surface area (Å²) < 4.78 is 14.5. The number of rotatable bonds is 2. The summed E-state index contributed by atoms with van der Waals surface area (Å²) in [6.07, 6.45) is 1.14. The molecule has 0 fully saturated rings. The third-order valence-corrected chi connectivity index (χ3v) is 4.50. The smallest absolute Gasteiger partial charge is 0.168 e. The first-order valence-corrected chi connectivity index (χ1v) is 7.26. The molecule has 3 nitrogen and oxygen atoms in total. The molecule has 0 saturated carbocycles. The van der Waals surface area contributed by atoms with Crippen molar-refractivity contribution in [2.24, 2.45) is 0 Å².